The van der Waals surface area contributed by atoms with E-state index < -0.39 is 6.10 Å². The maximum absolute atomic E-state index is 9.05. The van der Waals surface area contributed by atoms with Crippen LogP contribution in [0.5, 0.6) is 0 Å². The van der Waals surface area contributed by atoms with Gasteiger partial charge in [-0.15, -0.1) is 4.99 Å². The summed E-state index contributed by atoms with van der Waals surface area (Å²) in [4.78, 5) is 11.2. The standard InChI is InChI=1S/C2H3NO4/c4-1-3-2(5,6)7/h5-7H. The third-order valence-corrected chi connectivity index (χ3v) is 0.196. The van der Waals surface area contributed by atoms with Crippen molar-refractivity contribution in [1.82, 2.24) is 0 Å². The molecule has 0 rings (SSSR count). The Balaban J connectivity index is 3.80. The van der Waals surface area contributed by atoms with Crippen LogP contribution in [0.15, 0.2) is 4.99 Å². The Kier molecular flexibility index (Phi) is 1.62. The highest BCUT2D eigenvalue weighted by atomic mass is 16.7. The first-order valence-corrected chi connectivity index (χ1v) is 1.32. The summed E-state index contributed by atoms with van der Waals surface area (Å²) < 4.78 is 0. The highest BCUT2D eigenvalue weighted by molar-refractivity contribution is 5.33. The fourth-order valence-electron chi connectivity index (χ4n) is 0.0612. The Hall–Kier alpha value is -0.740. The average molecular weight is 105 g/mol. The van der Waals surface area contributed by atoms with Crippen molar-refractivity contribution in [2.75, 3.05) is 0 Å². The molecule has 5 nitrogen and oxygen atoms in total. The second-order valence-electron chi connectivity index (χ2n) is 0.803. The van der Waals surface area contributed by atoms with Crippen LogP contribution in [0, 0.1) is 0 Å². The van der Waals surface area contributed by atoms with Crippen LogP contribution in [0.25, 0.3) is 0 Å². The van der Waals surface area contributed by atoms with E-state index in [-0.39, 0.29) is 0 Å². The Morgan fingerprint density at radius 3 is 1.86 bits per heavy atom. The van der Waals surface area contributed by atoms with Crippen molar-refractivity contribution in [2.24, 2.45) is 4.99 Å². The molecule has 0 aromatic rings. The van der Waals surface area contributed by atoms with E-state index in [4.69, 9.17) is 20.1 Å². The van der Waals surface area contributed by atoms with Crippen molar-refractivity contribution in [3.05, 3.63) is 0 Å². The lowest BCUT2D eigenvalue weighted by Gasteiger charge is -2.00. The van der Waals surface area contributed by atoms with E-state index >= 15 is 0 Å². The number of isocyanates is 1. The summed E-state index contributed by atoms with van der Waals surface area (Å²) >= 11 is 0. The number of hydrogen-bond acceptors (Lipinski definition) is 5. The summed E-state index contributed by atoms with van der Waals surface area (Å²) in [6.07, 6.45) is -2.52. The molecule has 0 saturated heterocycles. The monoisotopic (exact) mass is 105 g/mol. The van der Waals surface area contributed by atoms with Crippen LogP contribution in [0.2, 0.25) is 0 Å². The Morgan fingerprint density at radius 1 is 1.43 bits per heavy atom. The van der Waals surface area contributed by atoms with Crippen molar-refractivity contribution in [3.63, 3.8) is 0 Å². The fourth-order valence-corrected chi connectivity index (χ4v) is 0.0612. The number of aliphatic hydroxyl groups is 3. The molecule has 0 atom stereocenters. The molecule has 40 valence electrons. The molecule has 7 heavy (non-hydrogen) atoms. The summed E-state index contributed by atoms with van der Waals surface area (Å²) in [6, 6.07) is 0. The molecule has 0 aliphatic rings. The van der Waals surface area contributed by atoms with E-state index in [0.29, 0.717) is 0 Å². The van der Waals surface area contributed by atoms with Gasteiger partial charge < -0.3 is 15.3 Å². The van der Waals surface area contributed by atoms with Gasteiger partial charge in [0, 0.05) is 0 Å². The van der Waals surface area contributed by atoms with Gasteiger partial charge in [-0.05, 0) is 0 Å². The molecule has 0 aromatic carbocycles. The summed E-state index contributed by atoms with van der Waals surface area (Å²) in [5.41, 5.74) is 0. The van der Waals surface area contributed by atoms with E-state index in [0.717, 1.165) is 6.08 Å². The van der Waals surface area contributed by atoms with Crippen molar-refractivity contribution in [2.45, 2.75) is 6.10 Å². The van der Waals surface area contributed by atoms with E-state index in [1.54, 1.807) is 0 Å². The Morgan fingerprint density at radius 2 is 1.86 bits per heavy atom. The van der Waals surface area contributed by atoms with Crippen LogP contribution in [0.4, 0.5) is 0 Å². The van der Waals surface area contributed by atoms with Gasteiger partial charge in [0.25, 0.3) is 0 Å². The summed E-state index contributed by atoms with van der Waals surface area (Å²) in [7, 11) is 0. The predicted octanol–water partition coefficient (Wildman–Crippen LogP) is -2.09. The number of aliphatic imine (C=N–C) groups is 1. The molecule has 0 amide bonds. The van der Waals surface area contributed by atoms with Crippen molar-refractivity contribution < 1.29 is 20.1 Å². The minimum atomic E-state index is -3.25. The number of carbonyl (C=O) groups excluding carboxylic acids is 1. The van der Waals surface area contributed by atoms with E-state index in [1.807, 2.05) is 0 Å². The maximum atomic E-state index is 9.05. The zero-order valence-electron chi connectivity index (χ0n) is 3.20. The quantitative estimate of drug-likeness (QED) is 0.202. The van der Waals surface area contributed by atoms with Crippen LogP contribution in [0.1, 0.15) is 0 Å². The third-order valence-electron chi connectivity index (χ3n) is 0.196. The van der Waals surface area contributed by atoms with Gasteiger partial charge in [-0.3, -0.25) is 0 Å². The zero-order valence-corrected chi connectivity index (χ0v) is 3.20. The van der Waals surface area contributed by atoms with Gasteiger partial charge >= 0.3 is 6.10 Å². The van der Waals surface area contributed by atoms with Crippen molar-refractivity contribution >= 4 is 6.08 Å². The van der Waals surface area contributed by atoms with E-state index in [1.165, 1.54) is 0 Å². The molecule has 0 unspecified atom stereocenters. The molecule has 0 radical (unpaired) electrons. The van der Waals surface area contributed by atoms with Gasteiger partial charge in [-0.25, -0.2) is 4.79 Å². The Bertz CT molecular complexity index is 96.7. The second-order valence-corrected chi connectivity index (χ2v) is 0.803. The predicted molar refractivity (Wildman–Crippen MR) is 17.5 cm³/mol. The first-order chi connectivity index (χ1) is 3.06. The molecular formula is C2H3NO4. The van der Waals surface area contributed by atoms with Crippen molar-refractivity contribution in [1.29, 1.82) is 0 Å². The van der Waals surface area contributed by atoms with Crippen molar-refractivity contribution in [3.8, 4) is 0 Å². The molecule has 0 aliphatic carbocycles. The molecule has 0 fully saturated rings. The topological polar surface area (TPSA) is 90.1 Å². The molecule has 0 spiro atoms. The fraction of sp³-hybridized carbons (Fsp3) is 0.500. The lowest BCUT2D eigenvalue weighted by atomic mass is 11.0. The average Bonchev–Trinajstić information content (AvgIpc) is 1.30. The molecule has 0 aliphatic heterocycles. The van der Waals surface area contributed by atoms with E-state index in [9.17, 15) is 0 Å². The smallest absolute Gasteiger partial charge is 0.323 e. The molecule has 0 aromatic heterocycles. The van der Waals surface area contributed by atoms with Crippen LogP contribution >= 0.6 is 0 Å². The molecule has 3 N–H and O–H groups in total. The van der Waals surface area contributed by atoms with Crippen LogP contribution in [0.3, 0.4) is 0 Å². The first kappa shape index (κ1) is 6.26. The van der Waals surface area contributed by atoms with Crippen LogP contribution in [-0.4, -0.2) is 27.5 Å². The molecular weight excluding hydrogens is 102 g/mol. The molecule has 5 heteroatoms. The lowest BCUT2D eigenvalue weighted by molar-refractivity contribution is -0.304. The summed E-state index contributed by atoms with van der Waals surface area (Å²) in [5, 5.41) is 23.1. The highest BCUT2D eigenvalue weighted by Gasteiger charge is 2.13. The van der Waals surface area contributed by atoms with E-state index in [2.05, 4.69) is 4.99 Å². The highest BCUT2D eigenvalue weighted by Crippen LogP contribution is 1.88. The SMILES string of the molecule is O=C=NC(O)(O)O. The Labute approximate surface area is 38.5 Å². The minimum absolute atomic E-state index is 0.733. The normalized spacial score (nSPS) is 10.1. The van der Waals surface area contributed by atoms with Gasteiger partial charge in [0.15, 0.2) is 0 Å². The van der Waals surface area contributed by atoms with Gasteiger partial charge in [0.1, 0.15) is 0 Å². The first-order valence-electron chi connectivity index (χ1n) is 1.32. The zero-order chi connectivity index (χ0) is 5.91. The van der Waals surface area contributed by atoms with Gasteiger partial charge in [0.05, 0.1) is 0 Å². The number of hydrogen-bond donors (Lipinski definition) is 3. The number of nitrogens with zero attached hydrogens (tertiary/aromatic N) is 1. The molecule has 0 heterocycles. The second kappa shape index (κ2) is 1.81. The van der Waals surface area contributed by atoms with Gasteiger partial charge in [0.2, 0.25) is 6.08 Å². The number of rotatable bonds is 1. The van der Waals surface area contributed by atoms with Crippen LogP contribution in [-0.2, 0) is 4.79 Å². The summed E-state index contributed by atoms with van der Waals surface area (Å²) in [6.45, 7) is 0. The van der Waals surface area contributed by atoms with Crippen LogP contribution < -0.4 is 0 Å². The third kappa shape index (κ3) is 5.26. The largest absolute Gasteiger partial charge is 0.398 e. The summed E-state index contributed by atoms with van der Waals surface area (Å²) in [5.74, 6) is 0. The van der Waals surface area contributed by atoms with Gasteiger partial charge in [-0.1, -0.05) is 0 Å². The minimum Gasteiger partial charge on any atom is -0.323 e. The molecule has 0 saturated carbocycles. The lowest BCUT2D eigenvalue weighted by Crippen LogP contribution is -2.22. The maximum Gasteiger partial charge on any atom is 0.398 e. The molecule has 0 bridgehead atoms. The van der Waals surface area contributed by atoms with Gasteiger partial charge in [-0.2, -0.15) is 0 Å².